The predicted molar refractivity (Wildman–Crippen MR) is 423 cm³/mol. The Morgan fingerprint density at radius 1 is 0.421 bits per heavy atom. The van der Waals surface area contributed by atoms with Crippen molar-refractivity contribution in [2.75, 3.05) is 72.6 Å². The van der Waals surface area contributed by atoms with E-state index in [9.17, 15) is 119 Å². The second-order valence-electron chi connectivity index (χ2n) is 33.0. The highest BCUT2D eigenvalue weighted by Crippen LogP contribution is 2.39. The number of hydrogen-bond acceptors (Lipinski definition) is 36. The Labute approximate surface area is 720 Å². The molecule has 21 N–H and O–H groups in total. The molecule has 4 aliphatic heterocycles. The number of rotatable bonds is 44. The first-order chi connectivity index (χ1) is 60.3. The third kappa shape index (κ3) is 28.4. The fourth-order valence-corrected chi connectivity index (χ4v) is 17.0. The Morgan fingerprint density at radius 3 is 1.23 bits per heavy atom. The van der Waals surface area contributed by atoms with Crippen molar-refractivity contribution < 1.29 is 166 Å². The second kappa shape index (κ2) is 48.8. The number of amides is 5. The molecule has 10 rings (SSSR count). The molecule has 2 aromatic heterocycles. The van der Waals surface area contributed by atoms with E-state index in [1.807, 2.05) is 9.97 Å². The number of aliphatic carboxylic acids is 2. The molecule has 710 valence electrons. The summed E-state index contributed by atoms with van der Waals surface area (Å²) in [5.74, 6) is -8.04. The van der Waals surface area contributed by atoms with Crippen molar-refractivity contribution >= 4 is 47.3 Å². The van der Waals surface area contributed by atoms with Gasteiger partial charge in [-0.3, -0.25) is 48.3 Å². The molecule has 4 aliphatic carbocycles. The zero-order valence-corrected chi connectivity index (χ0v) is 69.9. The Kier molecular flexibility index (Phi) is 39.0. The van der Waals surface area contributed by atoms with Gasteiger partial charge < -0.3 is 164 Å². The summed E-state index contributed by atoms with van der Waals surface area (Å²) in [7, 11) is 0. The molecular formula is C79H121N9O38. The van der Waals surface area contributed by atoms with Gasteiger partial charge in [0.1, 0.15) is 122 Å². The minimum absolute atomic E-state index is 0.000574. The number of H-pyrrole nitrogens is 4. The number of hydrogen-bond donors (Lipinski definition) is 21. The number of aromatic amines is 4. The molecule has 0 bridgehead atoms. The molecule has 4 saturated heterocycles. The van der Waals surface area contributed by atoms with Gasteiger partial charge in [-0.05, 0) is 77.0 Å². The third-order valence-electron chi connectivity index (χ3n) is 23.8. The van der Waals surface area contributed by atoms with Gasteiger partial charge in [0.05, 0.1) is 95.9 Å². The van der Waals surface area contributed by atoms with Crippen LogP contribution < -0.4 is 49.1 Å². The highest BCUT2D eigenvalue weighted by atomic mass is 16.8. The Hall–Kier alpha value is -7.64. The second-order valence-corrected chi connectivity index (χ2v) is 33.0. The highest BCUT2D eigenvalue weighted by Gasteiger charge is 2.56. The quantitative estimate of drug-likeness (QED) is 0.0274. The molecule has 6 heterocycles. The van der Waals surface area contributed by atoms with Crippen molar-refractivity contribution in [3.05, 3.63) is 65.2 Å². The number of carboxylic acids is 2. The van der Waals surface area contributed by atoms with Crippen LogP contribution in [0.1, 0.15) is 163 Å². The van der Waals surface area contributed by atoms with Crippen molar-refractivity contribution in [1.82, 2.24) is 46.5 Å². The third-order valence-corrected chi connectivity index (χ3v) is 23.8. The highest BCUT2D eigenvalue weighted by molar-refractivity contribution is 5.93. The zero-order valence-electron chi connectivity index (χ0n) is 69.9. The number of aromatic nitrogens is 4. The summed E-state index contributed by atoms with van der Waals surface area (Å²) < 4.78 is 84.2. The van der Waals surface area contributed by atoms with Crippen LogP contribution in [0, 0.1) is 11.8 Å². The van der Waals surface area contributed by atoms with Gasteiger partial charge in [-0.15, -0.1) is 0 Å². The van der Waals surface area contributed by atoms with Crippen LogP contribution in [-0.2, 0) is 95.1 Å². The molecule has 0 radical (unpaired) electrons. The van der Waals surface area contributed by atoms with E-state index in [1.165, 1.54) is 13.8 Å². The lowest BCUT2D eigenvalue weighted by atomic mass is 9.85. The molecule has 0 spiro atoms. The molecule has 126 heavy (non-hydrogen) atoms. The maximum Gasteiger partial charge on any atom is 0.332 e. The summed E-state index contributed by atoms with van der Waals surface area (Å²) in [6.45, 7) is -1.07. The van der Waals surface area contributed by atoms with E-state index in [-0.39, 0.29) is 103 Å². The number of carboxylic acid groups (broad SMARTS) is 2. The van der Waals surface area contributed by atoms with Crippen LogP contribution >= 0.6 is 0 Å². The van der Waals surface area contributed by atoms with E-state index in [0.717, 1.165) is 50.7 Å². The van der Waals surface area contributed by atoms with E-state index in [0.29, 0.717) is 25.7 Å². The molecule has 8 fully saturated rings. The number of aliphatic hydroxyl groups excluding tert-OH is 10. The van der Waals surface area contributed by atoms with Crippen LogP contribution in [0.2, 0.25) is 0 Å². The Morgan fingerprint density at radius 2 is 0.825 bits per heavy atom. The normalized spacial score (nSPS) is 33.4. The molecule has 10 unspecified atom stereocenters. The van der Waals surface area contributed by atoms with Crippen LogP contribution in [0.4, 0.5) is 0 Å². The number of carbonyl (C=O) groups excluding carboxylic acids is 6. The maximum atomic E-state index is 14.1. The minimum Gasteiger partial charge on any atom is -0.479 e. The van der Waals surface area contributed by atoms with Crippen molar-refractivity contribution in [3.8, 4) is 0 Å². The van der Waals surface area contributed by atoms with Gasteiger partial charge in [0.2, 0.25) is 17.7 Å². The van der Waals surface area contributed by atoms with Crippen LogP contribution in [0.25, 0.3) is 0 Å². The van der Waals surface area contributed by atoms with Crippen molar-refractivity contribution in [1.29, 1.82) is 0 Å². The number of carbonyl (C=O) groups is 8. The lowest BCUT2D eigenvalue weighted by Crippen LogP contribution is -2.68. The van der Waals surface area contributed by atoms with Gasteiger partial charge in [-0.25, -0.2) is 19.2 Å². The number of ketones is 1. The van der Waals surface area contributed by atoms with Crippen molar-refractivity contribution in [2.45, 2.75) is 314 Å². The molecule has 4 saturated carbocycles. The average molecular weight is 1800 g/mol. The van der Waals surface area contributed by atoms with Gasteiger partial charge >= 0.3 is 23.3 Å². The monoisotopic (exact) mass is 1800 g/mol. The van der Waals surface area contributed by atoms with Crippen LogP contribution in [-0.4, -0.2) is 372 Å². The largest absolute Gasteiger partial charge is 0.479 e. The van der Waals surface area contributed by atoms with E-state index >= 15 is 0 Å². The van der Waals surface area contributed by atoms with E-state index in [1.54, 1.807) is 0 Å². The van der Waals surface area contributed by atoms with Gasteiger partial charge in [-0.1, -0.05) is 64.2 Å². The molecule has 47 heteroatoms. The summed E-state index contributed by atoms with van der Waals surface area (Å²) in [4.78, 5) is 165. The molecule has 47 nitrogen and oxygen atoms in total. The van der Waals surface area contributed by atoms with Gasteiger partial charge in [0.15, 0.2) is 43.2 Å². The van der Waals surface area contributed by atoms with E-state index < -0.39 is 298 Å². The maximum absolute atomic E-state index is 14.1. The zero-order chi connectivity index (χ0) is 91.0. The van der Waals surface area contributed by atoms with E-state index in [4.69, 9.17) is 66.3 Å². The molecule has 8 aliphatic rings. The first-order valence-corrected chi connectivity index (χ1v) is 42.9. The minimum atomic E-state index is -1.89. The van der Waals surface area contributed by atoms with Crippen molar-refractivity contribution in [2.24, 2.45) is 11.8 Å². The number of Topliss-reactive ketones (excluding diaryl/α,β-unsaturated/α-hetero) is 1. The first-order valence-electron chi connectivity index (χ1n) is 42.9. The fraction of sp³-hybridized carbons (Fsp3) is 0.797. The van der Waals surface area contributed by atoms with Crippen LogP contribution in [0.3, 0.4) is 0 Å². The summed E-state index contributed by atoms with van der Waals surface area (Å²) in [6.07, 6.45) is -30.5. The molecule has 5 amide bonds. The average Bonchev–Trinajstić information content (AvgIpc) is 0.789. The molecule has 28 atom stereocenters. The lowest BCUT2D eigenvalue weighted by Gasteiger charge is -2.48. The summed E-state index contributed by atoms with van der Waals surface area (Å²) >= 11 is 0. The lowest BCUT2D eigenvalue weighted by molar-refractivity contribution is -0.334. The molecule has 2 aromatic rings. The number of aliphatic hydroxyl groups is 10. The van der Waals surface area contributed by atoms with E-state index in [2.05, 4.69) is 36.6 Å². The predicted octanol–water partition coefficient (Wildman–Crippen LogP) is -6.82. The SMILES string of the molecule is CC1O[C@@H](O[C@@H]2C(NC(=O)c3cc(=O)[nH]c(=O)[nH]3)CCC[C@H]2O[C@@H]2O[C@@H](CO)[C@H](O)C(O[C@@H](CC3CCCCC3)C(=O)O)C2NC(=O)CCC(=O)COCCOCCOCCOCC(=O)NCC(=O)NC2C(O[C@@H](CC3CCCCC3)C(=O)O)[C@@H](O)[C@H](CO)O[C@H]2O[C@@H]2CCCC(NC(=O)c3cc(=O)[nH]c(=O)[nH]3)[C@H]2O[C@@H]2OC(C)[C@@H](O)[C@H](O)C2O)C(O)[C@@H](O)[C@@H]1O. The Bertz CT molecular complexity index is 3780. The Balaban J connectivity index is 0.698. The van der Waals surface area contributed by atoms with Crippen LogP contribution in [0.15, 0.2) is 31.3 Å². The molecular weight excluding hydrogens is 1680 g/mol. The standard InChI is InChI=1S/C79H121N9O38/c1-36-58(97)62(101)64(103)76(117-36)125-66-41(81-70(105)43-29-52(93)87-78(111)83-43)15-9-17-45(66)121-74-56(68(60(99)49(32-89)123-74)119-47(72(107)108)27-38-11-5-3-6-12-38)85-51(92)20-19-40(91)34-115-25-23-113-21-22-114-24-26-116-35-55(96)80-31-54(95)86-57-69(120-48(73(109)110)28-39-13-7-4-8-14-39)61(100)50(33-90)124-75(57)122-46-18-10-16-42(82-71(106)44-30-53(94)88-79(112)84-44)67(46)126-77-65(104)63(102)59(98)37(2)118-77/h29-30,36-39,41-42,45-50,56-69,74-77,89-90,97-104H,3-28,31-35H2,1-2H3,(H,80,96)(H,81,105)(H,82,106)(H,85,92)(H,86,95)(H,107,108)(H,109,110)(H2,83,87,93,111)(H2,84,88,94,112)/t36?,37?,41?,42?,45-,46-,47+,48+,49+,50+,56?,57?,58-,59-,60+,61+,62+,63+,64?,65?,66-,67-,68?,69?,74-,75-,76+,77+/m1/s1. The summed E-state index contributed by atoms with van der Waals surface area (Å²) in [5.41, 5.74) is -4.71. The summed E-state index contributed by atoms with van der Waals surface area (Å²) in [5, 5.41) is 144. The smallest absolute Gasteiger partial charge is 0.332 e. The number of ether oxygens (including phenoxy) is 14. The summed E-state index contributed by atoms with van der Waals surface area (Å²) in [6, 6.07) is -3.89. The van der Waals surface area contributed by atoms with Gasteiger partial charge in [0.25, 0.3) is 22.9 Å². The molecule has 0 aromatic carbocycles. The van der Waals surface area contributed by atoms with Crippen molar-refractivity contribution in [3.63, 3.8) is 0 Å². The fourth-order valence-electron chi connectivity index (χ4n) is 17.0. The topological polar surface area (TPSA) is 700 Å². The van der Waals surface area contributed by atoms with Gasteiger partial charge in [-0.2, -0.15) is 0 Å². The first kappa shape index (κ1) is 101. The van der Waals surface area contributed by atoms with Crippen LogP contribution in [0.5, 0.6) is 0 Å². The number of nitrogens with one attached hydrogen (secondary N) is 9. The van der Waals surface area contributed by atoms with Gasteiger partial charge in [0, 0.05) is 25.0 Å².